The van der Waals surface area contributed by atoms with Gasteiger partial charge in [-0.15, -0.1) is 0 Å². The molecule has 2 aromatic carbocycles. The predicted molar refractivity (Wildman–Crippen MR) is 79.3 cm³/mol. The minimum absolute atomic E-state index is 0.0887. The summed E-state index contributed by atoms with van der Waals surface area (Å²) in [6, 6.07) is 11.0. The van der Waals surface area contributed by atoms with E-state index in [9.17, 15) is 13.9 Å². The van der Waals surface area contributed by atoms with Gasteiger partial charge in [0.1, 0.15) is 11.6 Å². The van der Waals surface area contributed by atoms with Crippen LogP contribution in [0.5, 0.6) is 0 Å². The average molecular weight is 312 g/mol. The number of halogens is 3. The Hall–Kier alpha value is -1.49. The summed E-state index contributed by atoms with van der Waals surface area (Å²) in [7, 11) is 0. The van der Waals surface area contributed by atoms with Crippen LogP contribution >= 0.6 is 11.6 Å². The molecule has 0 amide bonds. The van der Waals surface area contributed by atoms with Gasteiger partial charge in [0.25, 0.3) is 0 Å². The molecule has 112 valence electrons. The molecule has 0 fully saturated rings. The van der Waals surface area contributed by atoms with Crippen molar-refractivity contribution in [1.82, 2.24) is 5.32 Å². The molecule has 5 heteroatoms. The molecule has 2 N–H and O–H groups in total. The maximum atomic E-state index is 13.5. The standard InChI is InChI=1S/C16H16ClF2NO/c17-12-6-4-11(5-7-12)8-9-20-10-15(21)16-13(18)2-1-3-14(16)19/h1-7,15,20-21H,8-10H2. The van der Waals surface area contributed by atoms with E-state index in [1.54, 1.807) is 12.1 Å². The molecular formula is C16H16ClF2NO. The summed E-state index contributed by atoms with van der Waals surface area (Å²) in [5.74, 6) is -1.47. The van der Waals surface area contributed by atoms with Crippen molar-refractivity contribution in [2.45, 2.75) is 12.5 Å². The fourth-order valence-electron chi connectivity index (χ4n) is 2.05. The predicted octanol–water partition coefficient (Wildman–Crippen LogP) is 3.48. The van der Waals surface area contributed by atoms with Crippen molar-refractivity contribution < 1.29 is 13.9 Å². The van der Waals surface area contributed by atoms with Crippen molar-refractivity contribution in [3.8, 4) is 0 Å². The van der Waals surface area contributed by atoms with Gasteiger partial charge in [-0.2, -0.15) is 0 Å². The van der Waals surface area contributed by atoms with E-state index in [0.29, 0.717) is 11.6 Å². The number of hydrogen-bond acceptors (Lipinski definition) is 2. The molecule has 0 aliphatic rings. The summed E-state index contributed by atoms with van der Waals surface area (Å²) in [4.78, 5) is 0. The van der Waals surface area contributed by atoms with Gasteiger partial charge in [-0.3, -0.25) is 0 Å². The summed E-state index contributed by atoms with van der Waals surface area (Å²) in [6.45, 7) is 0.681. The van der Waals surface area contributed by atoms with Crippen molar-refractivity contribution in [2.24, 2.45) is 0 Å². The Labute approximate surface area is 127 Å². The second kappa shape index (κ2) is 7.50. The third-order valence-corrected chi connectivity index (χ3v) is 3.43. The average Bonchev–Trinajstić information content (AvgIpc) is 2.45. The van der Waals surface area contributed by atoms with Gasteiger partial charge < -0.3 is 10.4 Å². The lowest BCUT2D eigenvalue weighted by Crippen LogP contribution is -2.24. The molecular weight excluding hydrogens is 296 g/mol. The highest BCUT2D eigenvalue weighted by molar-refractivity contribution is 6.30. The van der Waals surface area contributed by atoms with E-state index >= 15 is 0 Å². The SMILES string of the molecule is OC(CNCCc1ccc(Cl)cc1)c1c(F)cccc1F. The van der Waals surface area contributed by atoms with E-state index in [-0.39, 0.29) is 12.1 Å². The Morgan fingerprint density at radius 1 is 1.05 bits per heavy atom. The summed E-state index contributed by atoms with van der Waals surface area (Å²) < 4.78 is 26.9. The first-order valence-corrected chi connectivity index (χ1v) is 7.03. The fraction of sp³-hybridized carbons (Fsp3) is 0.250. The lowest BCUT2D eigenvalue weighted by atomic mass is 10.1. The summed E-state index contributed by atoms with van der Waals surface area (Å²) in [5.41, 5.74) is 0.801. The largest absolute Gasteiger partial charge is 0.387 e. The Balaban J connectivity index is 1.82. The molecule has 2 rings (SSSR count). The van der Waals surface area contributed by atoms with Gasteiger partial charge in [-0.1, -0.05) is 29.8 Å². The summed E-state index contributed by atoms with van der Waals surface area (Å²) in [5, 5.41) is 13.5. The first kappa shape index (κ1) is 15.9. The van der Waals surface area contributed by atoms with E-state index in [1.165, 1.54) is 6.07 Å². The van der Waals surface area contributed by atoms with Gasteiger partial charge >= 0.3 is 0 Å². The number of aliphatic hydroxyl groups excluding tert-OH is 1. The topological polar surface area (TPSA) is 32.3 Å². The van der Waals surface area contributed by atoms with Crippen molar-refractivity contribution in [3.63, 3.8) is 0 Å². The Morgan fingerprint density at radius 2 is 1.67 bits per heavy atom. The maximum Gasteiger partial charge on any atom is 0.131 e. The summed E-state index contributed by atoms with van der Waals surface area (Å²) in [6.07, 6.45) is -0.472. The first-order chi connectivity index (χ1) is 10.1. The van der Waals surface area contributed by atoms with Crippen LogP contribution in [-0.4, -0.2) is 18.2 Å². The molecule has 2 aromatic rings. The van der Waals surface area contributed by atoms with Gasteiger partial charge in [-0.05, 0) is 42.8 Å². The lowest BCUT2D eigenvalue weighted by molar-refractivity contribution is 0.165. The molecule has 0 heterocycles. The van der Waals surface area contributed by atoms with Gasteiger partial charge in [-0.25, -0.2) is 8.78 Å². The van der Waals surface area contributed by atoms with E-state index in [0.717, 1.165) is 24.1 Å². The van der Waals surface area contributed by atoms with Crippen molar-refractivity contribution in [2.75, 3.05) is 13.1 Å². The molecule has 0 aliphatic heterocycles. The van der Waals surface area contributed by atoms with Crippen LogP contribution in [0.2, 0.25) is 5.02 Å². The van der Waals surface area contributed by atoms with Crippen LogP contribution in [0.1, 0.15) is 17.2 Å². The second-order valence-electron chi connectivity index (χ2n) is 4.73. The van der Waals surface area contributed by atoms with Gasteiger partial charge in [0.15, 0.2) is 0 Å². The molecule has 0 saturated heterocycles. The number of aliphatic hydroxyl groups is 1. The third-order valence-electron chi connectivity index (χ3n) is 3.17. The zero-order valence-electron chi connectivity index (χ0n) is 11.3. The molecule has 0 bridgehead atoms. The maximum absolute atomic E-state index is 13.5. The normalized spacial score (nSPS) is 12.4. The molecule has 2 nitrogen and oxygen atoms in total. The monoisotopic (exact) mass is 311 g/mol. The molecule has 0 spiro atoms. The highest BCUT2D eigenvalue weighted by atomic mass is 35.5. The highest BCUT2D eigenvalue weighted by Gasteiger charge is 2.16. The van der Waals surface area contributed by atoms with Crippen LogP contribution in [0.25, 0.3) is 0 Å². The van der Waals surface area contributed by atoms with Gasteiger partial charge in [0, 0.05) is 11.6 Å². The van der Waals surface area contributed by atoms with Crippen molar-refractivity contribution in [3.05, 3.63) is 70.2 Å². The first-order valence-electron chi connectivity index (χ1n) is 6.65. The zero-order valence-corrected chi connectivity index (χ0v) is 12.1. The molecule has 21 heavy (non-hydrogen) atoms. The zero-order chi connectivity index (χ0) is 15.2. The quantitative estimate of drug-likeness (QED) is 0.801. The van der Waals surface area contributed by atoms with Crippen LogP contribution in [0.15, 0.2) is 42.5 Å². The number of hydrogen-bond donors (Lipinski definition) is 2. The van der Waals surface area contributed by atoms with Gasteiger partial charge in [0.05, 0.1) is 11.7 Å². The van der Waals surface area contributed by atoms with E-state index in [4.69, 9.17) is 11.6 Å². The molecule has 0 saturated carbocycles. The van der Waals surface area contributed by atoms with Crippen LogP contribution in [0.4, 0.5) is 8.78 Å². The Bertz CT molecular complexity index is 569. The molecule has 0 aliphatic carbocycles. The Morgan fingerprint density at radius 3 is 2.29 bits per heavy atom. The van der Waals surface area contributed by atoms with Crippen LogP contribution < -0.4 is 5.32 Å². The number of benzene rings is 2. The van der Waals surface area contributed by atoms with E-state index < -0.39 is 17.7 Å². The molecule has 1 atom stereocenters. The van der Waals surface area contributed by atoms with Crippen molar-refractivity contribution in [1.29, 1.82) is 0 Å². The highest BCUT2D eigenvalue weighted by Crippen LogP contribution is 2.19. The van der Waals surface area contributed by atoms with Crippen molar-refractivity contribution >= 4 is 11.6 Å². The van der Waals surface area contributed by atoms with Crippen LogP contribution in [0.3, 0.4) is 0 Å². The van der Waals surface area contributed by atoms with E-state index in [2.05, 4.69) is 5.32 Å². The smallest absolute Gasteiger partial charge is 0.131 e. The third kappa shape index (κ3) is 4.49. The van der Waals surface area contributed by atoms with Crippen LogP contribution in [-0.2, 0) is 6.42 Å². The van der Waals surface area contributed by atoms with Crippen LogP contribution in [0, 0.1) is 11.6 Å². The van der Waals surface area contributed by atoms with E-state index in [1.807, 2.05) is 12.1 Å². The lowest BCUT2D eigenvalue weighted by Gasteiger charge is -2.14. The molecule has 0 aromatic heterocycles. The number of rotatable bonds is 6. The minimum atomic E-state index is -1.21. The summed E-state index contributed by atoms with van der Waals surface area (Å²) >= 11 is 5.79. The second-order valence-corrected chi connectivity index (χ2v) is 5.17. The molecule has 1 unspecified atom stereocenters. The number of nitrogens with one attached hydrogen (secondary N) is 1. The molecule has 0 radical (unpaired) electrons. The fourth-order valence-corrected chi connectivity index (χ4v) is 2.18. The van der Waals surface area contributed by atoms with Gasteiger partial charge in [0.2, 0.25) is 0 Å². The minimum Gasteiger partial charge on any atom is -0.387 e. The Kier molecular flexibility index (Phi) is 5.67.